The summed E-state index contributed by atoms with van der Waals surface area (Å²) in [5, 5.41) is 0. The molecule has 0 bridgehead atoms. The van der Waals surface area contributed by atoms with Gasteiger partial charge in [0.1, 0.15) is 0 Å². The van der Waals surface area contributed by atoms with Gasteiger partial charge in [-0.1, -0.05) is 13.8 Å². The average molecular weight is 358 g/mol. The smallest absolute Gasteiger partial charge is 0.261 e. The normalized spacial score (nSPS) is 23.0. The van der Waals surface area contributed by atoms with Crippen LogP contribution in [-0.2, 0) is 4.74 Å². The Morgan fingerprint density at radius 3 is 2.35 bits per heavy atom. The van der Waals surface area contributed by atoms with E-state index in [-0.39, 0.29) is 29.9 Å². The van der Waals surface area contributed by atoms with E-state index in [1.165, 1.54) is 4.90 Å². The van der Waals surface area contributed by atoms with Gasteiger partial charge < -0.3 is 9.64 Å². The van der Waals surface area contributed by atoms with E-state index in [0.29, 0.717) is 42.2 Å². The van der Waals surface area contributed by atoms with Crippen molar-refractivity contribution >= 4 is 17.7 Å². The highest BCUT2D eigenvalue weighted by Gasteiger charge is 2.36. The standard InChI is InChI=1S/C20H26N2O4/c1-12(2)7-8-22-19(24)16-6-5-15(9-17(16)20(22)25)18(23)21-10-13(3)26-14(4)11-21/h5-6,9,12-14H,7-8,10-11H2,1-4H3/t13-,14+. The number of fused-ring (bicyclic) bond motifs is 1. The molecule has 140 valence electrons. The topological polar surface area (TPSA) is 66.9 Å². The second kappa shape index (κ2) is 7.19. The van der Waals surface area contributed by atoms with Gasteiger partial charge in [-0.3, -0.25) is 19.3 Å². The molecule has 2 heterocycles. The van der Waals surface area contributed by atoms with E-state index >= 15 is 0 Å². The van der Waals surface area contributed by atoms with Crippen molar-refractivity contribution in [3.8, 4) is 0 Å². The van der Waals surface area contributed by atoms with Gasteiger partial charge in [-0.05, 0) is 44.4 Å². The lowest BCUT2D eigenvalue weighted by Crippen LogP contribution is -2.48. The molecular formula is C20H26N2O4. The van der Waals surface area contributed by atoms with Gasteiger partial charge in [0.05, 0.1) is 23.3 Å². The molecule has 1 aromatic carbocycles. The van der Waals surface area contributed by atoms with Gasteiger partial charge in [0.25, 0.3) is 17.7 Å². The Balaban J connectivity index is 1.81. The van der Waals surface area contributed by atoms with Gasteiger partial charge in [0, 0.05) is 25.2 Å². The molecule has 0 aliphatic carbocycles. The van der Waals surface area contributed by atoms with Crippen LogP contribution in [0.5, 0.6) is 0 Å². The summed E-state index contributed by atoms with van der Waals surface area (Å²) in [6, 6.07) is 4.81. The van der Waals surface area contributed by atoms with Crippen molar-refractivity contribution in [3.63, 3.8) is 0 Å². The molecule has 2 aliphatic rings. The number of hydrogen-bond donors (Lipinski definition) is 0. The predicted octanol–water partition coefficient (Wildman–Crippen LogP) is 2.58. The van der Waals surface area contributed by atoms with Crippen LogP contribution < -0.4 is 0 Å². The number of carbonyl (C=O) groups is 3. The highest BCUT2D eigenvalue weighted by atomic mass is 16.5. The number of ether oxygens (including phenoxy) is 1. The second-order valence-corrected chi connectivity index (χ2v) is 7.67. The number of hydrogen-bond acceptors (Lipinski definition) is 4. The maximum absolute atomic E-state index is 12.8. The summed E-state index contributed by atoms with van der Waals surface area (Å²) in [4.78, 5) is 41.0. The first-order chi connectivity index (χ1) is 12.3. The Kier molecular flexibility index (Phi) is 5.14. The molecule has 6 heteroatoms. The predicted molar refractivity (Wildman–Crippen MR) is 97.2 cm³/mol. The minimum atomic E-state index is -0.302. The zero-order valence-corrected chi connectivity index (χ0v) is 15.8. The number of rotatable bonds is 4. The fraction of sp³-hybridized carbons (Fsp3) is 0.550. The molecule has 0 aromatic heterocycles. The zero-order chi connectivity index (χ0) is 19.0. The van der Waals surface area contributed by atoms with Crippen molar-refractivity contribution in [2.24, 2.45) is 5.92 Å². The summed E-state index contributed by atoms with van der Waals surface area (Å²) in [5.74, 6) is -0.292. The first-order valence-electron chi connectivity index (χ1n) is 9.23. The van der Waals surface area contributed by atoms with Gasteiger partial charge >= 0.3 is 0 Å². The molecule has 0 unspecified atom stereocenters. The van der Waals surface area contributed by atoms with Gasteiger partial charge in [0.15, 0.2) is 0 Å². The van der Waals surface area contributed by atoms with Gasteiger partial charge in [0.2, 0.25) is 0 Å². The van der Waals surface area contributed by atoms with Crippen LogP contribution in [0.15, 0.2) is 18.2 Å². The first-order valence-corrected chi connectivity index (χ1v) is 9.23. The zero-order valence-electron chi connectivity index (χ0n) is 15.8. The van der Waals surface area contributed by atoms with Crippen molar-refractivity contribution in [1.29, 1.82) is 0 Å². The molecular weight excluding hydrogens is 332 g/mol. The summed E-state index contributed by atoms with van der Waals surface area (Å²) in [7, 11) is 0. The lowest BCUT2D eigenvalue weighted by molar-refractivity contribution is -0.0586. The fourth-order valence-corrected chi connectivity index (χ4v) is 3.54. The molecule has 3 rings (SSSR count). The number of benzene rings is 1. The number of carbonyl (C=O) groups excluding carboxylic acids is 3. The molecule has 2 atom stereocenters. The monoisotopic (exact) mass is 358 g/mol. The van der Waals surface area contributed by atoms with Crippen molar-refractivity contribution < 1.29 is 19.1 Å². The van der Waals surface area contributed by atoms with Crippen molar-refractivity contribution in [3.05, 3.63) is 34.9 Å². The molecule has 1 saturated heterocycles. The number of amides is 3. The lowest BCUT2D eigenvalue weighted by Gasteiger charge is -2.35. The Morgan fingerprint density at radius 2 is 1.73 bits per heavy atom. The molecule has 6 nitrogen and oxygen atoms in total. The van der Waals surface area contributed by atoms with Crippen LogP contribution in [0.1, 0.15) is 65.2 Å². The van der Waals surface area contributed by atoms with Crippen LogP contribution in [-0.4, -0.2) is 59.4 Å². The number of imide groups is 1. The fourth-order valence-electron chi connectivity index (χ4n) is 3.54. The van der Waals surface area contributed by atoms with Crippen LogP contribution in [0.3, 0.4) is 0 Å². The minimum absolute atomic E-state index is 0.0214. The second-order valence-electron chi connectivity index (χ2n) is 7.67. The third-order valence-electron chi connectivity index (χ3n) is 4.85. The lowest BCUT2D eigenvalue weighted by atomic mass is 10.0. The Labute approximate surface area is 154 Å². The maximum atomic E-state index is 12.8. The molecule has 26 heavy (non-hydrogen) atoms. The van der Waals surface area contributed by atoms with E-state index in [1.807, 2.05) is 13.8 Å². The van der Waals surface area contributed by atoms with Gasteiger partial charge in [-0.15, -0.1) is 0 Å². The summed E-state index contributed by atoms with van der Waals surface area (Å²) in [6.07, 6.45) is 0.722. The molecule has 3 amide bonds. The van der Waals surface area contributed by atoms with E-state index in [9.17, 15) is 14.4 Å². The molecule has 0 radical (unpaired) electrons. The number of morpholine rings is 1. The molecule has 2 aliphatic heterocycles. The first kappa shape index (κ1) is 18.6. The molecule has 1 aromatic rings. The minimum Gasteiger partial charge on any atom is -0.372 e. The van der Waals surface area contributed by atoms with E-state index in [1.54, 1.807) is 23.1 Å². The van der Waals surface area contributed by atoms with E-state index in [4.69, 9.17) is 4.74 Å². The number of nitrogens with zero attached hydrogens (tertiary/aromatic N) is 2. The van der Waals surface area contributed by atoms with Crippen molar-refractivity contribution in [1.82, 2.24) is 9.80 Å². The van der Waals surface area contributed by atoms with Crippen molar-refractivity contribution in [2.45, 2.75) is 46.3 Å². The Morgan fingerprint density at radius 1 is 1.12 bits per heavy atom. The SMILES string of the molecule is CC(C)CCN1C(=O)c2ccc(C(=O)N3C[C@@H](C)O[C@@H](C)C3)cc2C1=O. The highest BCUT2D eigenvalue weighted by Crippen LogP contribution is 2.26. The van der Waals surface area contributed by atoms with Crippen LogP contribution in [0.4, 0.5) is 0 Å². The summed E-state index contributed by atoms with van der Waals surface area (Å²) >= 11 is 0. The van der Waals surface area contributed by atoms with Gasteiger partial charge in [-0.2, -0.15) is 0 Å². The third kappa shape index (κ3) is 3.51. The molecule has 0 N–H and O–H groups in total. The van der Waals surface area contributed by atoms with Crippen LogP contribution in [0.2, 0.25) is 0 Å². The summed E-state index contributed by atoms with van der Waals surface area (Å²) in [5.41, 5.74) is 1.16. The Bertz CT molecular complexity index is 733. The largest absolute Gasteiger partial charge is 0.372 e. The quantitative estimate of drug-likeness (QED) is 0.776. The maximum Gasteiger partial charge on any atom is 0.261 e. The molecule has 0 spiro atoms. The van der Waals surface area contributed by atoms with Crippen LogP contribution in [0, 0.1) is 5.92 Å². The van der Waals surface area contributed by atoms with Crippen molar-refractivity contribution in [2.75, 3.05) is 19.6 Å². The summed E-state index contributed by atoms with van der Waals surface area (Å²) < 4.78 is 5.67. The average Bonchev–Trinajstić information content (AvgIpc) is 2.82. The van der Waals surface area contributed by atoms with E-state index < -0.39 is 0 Å². The molecule has 1 fully saturated rings. The van der Waals surface area contributed by atoms with Crippen LogP contribution >= 0.6 is 0 Å². The van der Waals surface area contributed by atoms with E-state index in [0.717, 1.165) is 6.42 Å². The third-order valence-corrected chi connectivity index (χ3v) is 4.85. The molecule has 0 saturated carbocycles. The summed E-state index contributed by atoms with van der Waals surface area (Å²) in [6.45, 7) is 9.44. The van der Waals surface area contributed by atoms with E-state index in [2.05, 4.69) is 13.8 Å². The van der Waals surface area contributed by atoms with Gasteiger partial charge in [-0.25, -0.2) is 0 Å². The highest BCUT2D eigenvalue weighted by molar-refractivity contribution is 6.22. The van der Waals surface area contributed by atoms with Crippen LogP contribution in [0.25, 0.3) is 0 Å². The Hall–Kier alpha value is -2.21.